The Balaban J connectivity index is 1.92. The molecule has 0 radical (unpaired) electrons. The molecular weight excluding hydrogens is 460 g/mol. The molecule has 3 aromatic rings. The second-order valence-electron chi connectivity index (χ2n) is 9.73. The van der Waals surface area contributed by atoms with Crippen LogP contribution in [0.15, 0.2) is 36.4 Å². The molecule has 0 spiro atoms. The summed E-state index contributed by atoms with van der Waals surface area (Å²) in [7, 11) is 7.51. The van der Waals surface area contributed by atoms with Gasteiger partial charge in [0, 0.05) is 58.1 Å². The zero-order valence-electron chi connectivity index (χ0n) is 23.3. The third kappa shape index (κ3) is 7.36. The Labute approximate surface area is 222 Å². The highest BCUT2D eigenvalue weighted by Crippen LogP contribution is 2.32. The molecule has 1 heterocycles. The van der Waals surface area contributed by atoms with Crippen molar-refractivity contribution in [3.8, 4) is 29.0 Å². The number of hydrogen-bond donors (Lipinski definition) is 1. The number of aromatic hydroxyl groups is 1. The van der Waals surface area contributed by atoms with Crippen LogP contribution in [0.25, 0.3) is 11.4 Å². The van der Waals surface area contributed by atoms with Gasteiger partial charge in [-0.2, -0.15) is 15.0 Å². The van der Waals surface area contributed by atoms with E-state index in [-0.39, 0.29) is 5.75 Å². The normalized spacial score (nSPS) is 10.6. The molecule has 0 bridgehead atoms. The van der Waals surface area contributed by atoms with Crippen LogP contribution in [0.2, 0.25) is 0 Å². The van der Waals surface area contributed by atoms with E-state index in [1.165, 1.54) is 31.4 Å². The molecule has 7 nitrogen and oxygen atoms in total. The molecule has 0 saturated heterocycles. The van der Waals surface area contributed by atoms with Gasteiger partial charge < -0.3 is 19.8 Å². The minimum atomic E-state index is 0.148. The number of rotatable bonds is 10. The SMILES string of the molecule is CCCCN(CCCC)c1ccc(C#Cc2cc(C)c(O)c(-c3nc(N(C)C)nc(N(C)C)n3)c2)cc1. The molecule has 3 rings (SSSR count). The van der Waals surface area contributed by atoms with E-state index in [1.54, 1.807) is 0 Å². The number of aryl methyl sites for hydroxylation is 1. The lowest BCUT2D eigenvalue weighted by atomic mass is 10.0. The topological polar surface area (TPSA) is 68.6 Å². The molecular formula is C30H40N6O. The molecule has 0 saturated carbocycles. The lowest BCUT2D eigenvalue weighted by molar-refractivity contribution is 0.472. The van der Waals surface area contributed by atoms with Crippen molar-refractivity contribution in [2.75, 3.05) is 56.0 Å². The average Bonchev–Trinajstić information content (AvgIpc) is 2.89. The second-order valence-corrected chi connectivity index (χ2v) is 9.73. The summed E-state index contributed by atoms with van der Waals surface area (Å²) in [6.45, 7) is 8.49. The molecule has 37 heavy (non-hydrogen) atoms. The van der Waals surface area contributed by atoms with Gasteiger partial charge in [-0.15, -0.1) is 0 Å². The second kappa shape index (κ2) is 13.0. The first kappa shape index (κ1) is 27.8. The zero-order chi connectivity index (χ0) is 26.9. The molecule has 0 unspecified atom stereocenters. The van der Waals surface area contributed by atoms with E-state index >= 15 is 0 Å². The van der Waals surface area contributed by atoms with E-state index < -0.39 is 0 Å². The van der Waals surface area contributed by atoms with Crippen LogP contribution < -0.4 is 14.7 Å². The summed E-state index contributed by atoms with van der Waals surface area (Å²) in [6, 6.07) is 12.2. The summed E-state index contributed by atoms with van der Waals surface area (Å²) in [4.78, 5) is 19.7. The van der Waals surface area contributed by atoms with Crippen molar-refractivity contribution in [2.24, 2.45) is 0 Å². The fraction of sp³-hybridized carbons (Fsp3) is 0.433. The number of nitrogens with zero attached hydrogens (tertiary/aromatic N) is 6. The Bertz CT molecular complexity index is 1210. The fourth-order valence-corrected chi connectivity index (χ4v) is 3.86. The van der Waals surface area contributed by atoms with Crippen molar-refractivity contribution in [3.63, 3.8) is 0 Å². The largest absolute Gasteiger partial charge is 0.507 e. The maximum Gasteiger partial charge on any atom is 0.230 e. The Kier molecular flexibility index (Phi) is 9.73. The van der Waals surface area contributed by atoms with Crippen LogP contribution in [0.1, 0.15) is 56.2 Å². The number of phenolic OH excluding ortho intramolecular Hbond substituents is 1. The number of unbranched alkanes of at least 4 members (excludes halogenated alkanes) is 2. The van der Waals surface area contributed by atoms with Crippen molar-refractivity contribution in [1.29, 1.82) is 0 Å². The molecule has 0 aliphatic carbocycles. The van der Waals surface area contributed by atoms with Crippen LogP contribution in [-0.4, -0.2) is 61.3 Å². The Morgan fingerprint density at radius 1 is 0.757 bits per heavy atom. The smallest absolute Gasteiger partial charge is 0.230 e. The van der Waals surface area contributed by atoms with Crippen molar-refractivity contribution < 1.29 is 5.11 Å². The molecule has 1 aromatic heterocycles. The number of phenols is 1. The van der Waals surface area contributed by atoms with Crippen LogP contribution in [0.4, 0.5) is 17.6 Å². The highest BCUT2D eigenvalue weighted by molar-refractivity contribution is 5.70. The predicted octanol–water partition coefficient (Wildman–Crippen LogP) is 5.49. The first-order chi connectivity index (χ1) is 17.7. The molecule has 0 aliphatic rings. The summed E-state index contributed by atoms with van der Waals surface area (Å²) in [6.07, 6.45) is 4.78. The highest BCUT2D eigenvalue weighted by Gasteiger charge is 2.16. The minimum absolute atomic E-state index is 0.148. The third-order valence-corrected chi connectivity index (χ3v) is 6.10. The Morgan fingerprint density at radius 3 is 1.81 bits per heavy atom. The lowest BCUT2D eigenvalue weighted by Gasteiger charge is -2.24. The lowest BCUT2D eigenvalue weighted by Crippen LogP contribution is -2.25. The number of benzene rings is 2. The van der Waals surface area contributed by atoms with Gasteiger partial charge in [0.05, 0.1) is 5.56 Å². The molecule has 2 aromatic carbocycles. The van der Waals surface area contributed by atoms with Gasteiger partial charge >= 0.3 is 0 Å². The summed E-state index contributed by atoms with van der Waals surface area (Å²) in [5.74, 6) is 8.15. The predicted molar refractivity (Wildman–Crippen MR) is 155 cm³/mol. The van der Waals surface area contributed by atoms with Gasteiger partial charge in [-0.05, 0) is 61.7 Å². The van der Waals surface area contributed by atoms with E-state index in [9.17, 15) is 5.11 Å². The summed E-state index contributed by atoms with van der Waals surface area (Å²) < 4.78 is 0. The summed E-state index contributed by atoms with van der Waals surface area (Å²) in [5, 5.41) is 10.8. The minimum Gasteiger partial charge on any atom is -0.507 e. The van der Waals surface area contributed by atoms with E-state index in [2.05, 4.69) is 69.8 Å². The molecule has 196 valence electrons. The Morgan fingerprint density at radius 2 is 1.30 bits per heavy atom. The van der Waals surface area contributed by atoms with Gasteiger partial charge in [-0.25, -0.2) is 0 Å². The van der Waals surface area contributed by atoms with Crippen molar-refractivity contribution in [3.05, 3.63) is 53.1 Å². The van der Waals surface area contributed by atoms with Gasteiger partial charge in [-0.1, -0.05) is 38.5 Å². The van der Waals surface area contributed by atoms with Gasteiger partial charge in [0.15, 0.2) is 5.82 Å². The van der Waals surface area contributed by atoms with Crippen LogP contribution in [0, 0.1) is 18.8 Å². The molecule has 1 N–H and O–H groups in total. The number of anilines is 3. The van der Waals surface area contributed by atoms with Crippen molar-refractivity contribution >= 4 is 17.6 Å². The first-order valence-electron chi connectivity index (χ1n) is 13.0. The standard InChI is InChI=1S/C30H40N6O/c1-8-10-18-36(19-11-9-2)25-16-14-23(15-17-25)12-13-24-20-22(3)27(37)26(21-24)28-31-29(34(4)5)33-30(32-28)35(6)7/h14-17,20-21,37H,8-11,18-19H2,1-7H3. The quantitative estimate of drug-likeness (QED) is 0.369. The number of aromatic nitrogens is 3. The zero-order valence-corrected chi connectivity index (χ0v) is 23.3. The monoisotopic (exact) mass is 500 g/mol. The number of hydrogen-bond acceptors (Lipinski definition) is 7. The maximum atomic E-state index is 10.8. The van der Waals surface area contributed by atoms with Gasteiger partial charge in [0.25, 0.3) is 0 Å². The van der Waals surface area contributed by atoms with Crippen LogP contribution in [0.3, 0.4) is 0 Å². The Hall–Kier alpha value is -3.79. The maximum absolute atomic E-state index is 10.8. The third-order valence-electron chi connectivity index (χ3n) is 6.10. The highest BCUT2D eigenvalue weighted by atomic mass is 16.3. The van der Waals surface area contributed by atoms with Crippen LogP contribution in [0.5, 0.6) is 5.75 Å². The fourth-order valence-electron chi connectivity index (χ4n) is 3.86. The van der Waals surface area contributed by atoms with E-state index in [4.69, 9.17) is 0 Å². The van der Waals surface area contributed by atoms with Gasteiger partial charge in [0.2, 0.25) is 11.9 Å². The van der Waals surface area contributed by atoms with E-state index in [0.29, 0.717) is 23.3 Å². The summed E-state index contributed by atoms with van der Waals surface area (Å²) in [5.41, 5.74) is 4.25. The van der Waals surface area contributed by atoms with Crippen LogP contribution in [-0.2, 0) is 0 Å². The van der Waals surface area contributed by atoms with E-state index in [1.807, 2.05) is 57.0 Å². The summed E-state index contributed by atoms with van der Waals surface area (Å²) >= 11 is 0. The molecule has 0 fully saturated rings. The molecule has 0 atom stereocenters. The average molecular weight is 501 g/mol. The molecule has 0 amide bonds. The first-order valence-corrected chi connectivity index (χ1v) is 13.0. The van der Waals surface area contributed by atoms with Crippen molar-refractivity contribution in [2.45, 2.75) is 46.5 Å². The van der Waals surface area contributed by atoms with Crippen LogP contribution >= 0.6 is 0 Å². The van der Waals surface area contributed by atoms with E-state index in [0.717, 1.165) is 29.8 Å². The molecule has 0 aliphatic heterocycles. The van der Waals surface area contributed by atoms with Crippen molar-refractivity contribution in [1.82, 2.24) is 15.0 Å². The molecule has 7 heteroatoms. The van der Waals surface area contributed by atoms with Gasteiger partial charge in [-0.3, -0.25) is 0 Å². The van der Waals surface area contributed by atoms with Gasteiger partial charge in [0.1, 0.15) is 5.75 Å².